The first kappa shape index (κ1) is 9.68. The zero-order valence-electron chi connectivity index (χ0n) is 6.51. The molecule has 0 aromatic rings. The summed E-state index contributed by atoms with van der Waals surface area (Å²) in [7, 11) is 0. The highest BCUT2D eigenvalue weighted by Gasteiger charge is 2.01. The number of imide groups is 1. The summed E-state index contributed by atoms with van der Waals surface area (Å²) in [6.07, 6.45) is 2.58. The van der Waals surface area contributed by atoms with Gasteiger partial charge in [0.25, 0.3) is 5.91 Å². The summed E-state index contributed by atoms with van der Waals surface area (Å²) in [5.41, 5.74) is 0.343. The molecule has 1 radical (unpaired) electrons. The summed E-state index contributed by atoms with van der Waals surface area (Å²) in [5, 5.41) is 1.86. The molecule has 4 nitrogen and oxygen atoms in total. The minimum Gasteiger partial charge on any atom is -0.501 e. The quantitative estimate of drug-likeness (QED) is 0.357. The average molecular weight is 156 g/mol. The predicted octanol–water partition coefficient (Wildman–Crippen LogP) is 0.110. The van der Waals surface area contributed by atoms with Gasteiger partial charge >= 0.3 is 6.41 Å². The van der Waals surface area contributed by atoms with Gasteiger partial charge < -0.3 is 4.74 Å². The van der Waals surface area contributed by atoms with Gasteiger partial charge in [-0.15, -0.1) is 0 Å². The lowest BCUT2D eigenvalue weighted by molar-refractivity contribution is -0.116. The number of rotatable bonds is 4. The third-order valence-corrected chi connectivity index (χ3v) is 0.949. The van der Waals surface area contributed by atoms with Crippen molar-refractivity contribution in [2.24, 2.45) is 0 Å². The lowest BCUT2D eigenvalue weighted by atomic mass is 10.3. The summed E-state index contributed by atoms with van der Waals surface area (Å²) in [6.45, 7) is 3.84. The molecule has 0 heterocycles. The highest BCUT2D eigenvalue weighted by atomic mass is 16.5. The molecule has 0 rings (SSSR count). The van der Waals surface area contributed by atoms with Gasteiger partial charge in [0.2, 0.25) is 0 Å². The van der Waals surface area contributed by atoms with Gasteiger partial charge in [-0.1, -0.05) is 0 Å². The Morgan fingerprint density at radius 1 is 1.73 bits per heavy atom. The average Bonchev–Trinajstić information content (AvgIpc) is 2.00. The van der Waals surface area contributed by atoms with Crippen molar-refractivity contribution in [3.05, 3.63) is 11.8 Å². The predicted molar refractivity (Wildman–Crippen MR) is 39.2 cm³/mol. The minimum absolute atomic E-state index is 0.343. The molecule has 0 fully saturated rings. The van der Waals surface area contributed by atoms with Crippen molar-refractivity contribution in [2.45, 2.75) is 13.8 Å². The van der Waals surface area contributed by atoms with Gasteiger partial charge in [0.1, 0.15) is 0 Å². The lowest BCUT2D eigenvalue weighted by Gasteiger charge is -1.97. The lowest BCUT2D eigenvalue weighted by Crippen LogP contribution is -2.21. The summed E-state index contributed by atoms with van der Waals surface area (Å²) in [6, 6.07) is 0. The van der Waals surface area contributed by atoms with Gasteiger partial charge in [-0.25, -0.2) is 0 Å². The Labute approximate surface area is 65.2 Å². The molecular formula is C7H10NO3. The third-order valence-electron chi connectivity index (χ3n) is 0.949. The van der Waals surface area contributed by atoms with Crippen molar-refractivity contribution < 1.29 is 14.3 Å². The van der Waals surface area contributed by atoms with Crippen LogP contribution in [0.15, 0.2) is 11.8 Å². The van der Waals surface area contributed by atoms with Crippen molar-refractivity contribution in [3.8, 4) is 0 Å². The van der Waals surface area contributed by atoms with Crippen LogP contribution in [-0.4, -0.2) is 18.9 Å². The van der Waals surface area contributed by atoms with Crippen molar-refractivity contribution in [1.82, 2.24) is 5.32 Å². The molecule has 2 amide bonds. The number of hydrogen-bond donors (Lipinski definition) is 1. The van der Waals surface area contributed by atoms with Crippen LogP contribution in [-0.2, 0) is 14.3 Å². The molecule has 0 atom stereocenters. The molecule has 0 unspecified atom stereocenters. The molecule has 0 aliphatic heterocycles. The Balaban J connectivity index is 3.89. The molecule has 1 N–H and O–H groups in total. The van der Waals surface area contributed by atoms with Crippen LogP contribution in [0.1, 0.15) is 13.8 Å². The van der Waals surface area contributed by atoms with Crippen LogP contribution in [0.25, 0.3) is 0 Å². The van der Waals surface area contributed by atoms with E-state index in [1.807, 2.05) is 5.32 Å². The van der Waals surface area contributed by atoms with Crippen LogP contribution in [0.4, 0.5) is 0 Å². The van der Waals surface area contributed by atoms with E-state index >= 15 is 0 Å². The van der Waals surface area contributed by atoms with Crippen molar-refractivity contribution in [1.29, 1.82) is 0 Å². The molecule has 0 aliphatic rings. The number of carbonyl (C=O) groups excluding carboxylic acids is 2. The fourth-order valence-electron chi connectivity index (χ4n) is 0.407. The monoisotopic (exact) mass is 156 g/mol. The van der Waals surface area contributed by atoms with Crippen molar-refractivity contribution >= 4 is 12.3 Å². The van der Waals surface area contributed by atoms with Gasteiger partial charge in [0, 0.05) is 5.57 Å². The number of hydrogen-bond acceptors (Lipinski definition) is 3. The van der Waals surface area contributed by atoms with Gasteiger partial charge in [-0.2, -0.15) is 0 Å². The van der Waals surface area contributed by atoms with E-state index in [9.17, 15) is 9.59 Å². The molecular weight excluding hydrogens is 146 g/mol. The first-order valence-electron chi connectivity index (χ1n) is 3.18. The van der Waals surface area contributed by atoms with Crippen LogP contribution in [0, 0.1) is 0 Å². The SMILES string of the molecule is CCOC=C(C)C(=O)N[C]=O. The number of amides is 2. The van der Waals surface area contributed by atoms with Crippen LogP contribution in [0.5, 0.6) is 0 Å². The second-order valence-electron chi connectivity index (χ2n) is 1.81. The summed E-state index contributed by atoms with van der Waals surface area (Å²) >= 11 is 0. The van der Waals surface area contributed by atoms with E-state index in [4.69, 9.17) is 4.74 Å². The Kier molecular flexibility index (Phi) is 4.81. The first-order chi connectivity index (χ1) is 5.22. The standard InChI is InChI=1S/C7H10NO3/c1-3-11-4-6(2)7(10)8-5-9/h4H,3H2,1-2H3,(H,8,9,10). The van der Waals surface area contributed by atoms with Gasteiger partial charge in [0.05, 0.1) is 12.9 Å². The zero-order valence-corrected chi connectivity index (χ0v) is 6.51. The zero-order chi connectivity index (χ0) is 8.69. The Morgan fingerprint density at radius 3 is 2.82 bits per heavy atom. The van der Waals surface area contributed by atoms with Gasteiger partial charge in [-0.3, -0.25) is 14.9 Å². The fraction of sp³-hybridized carbons (Fsp3) is 0.429. The van der Waals surface area contributed by atoms with Gasteiger partial charge in [-0.05, 0) is 13.8 Å². The second-order valence-corrected chi connectivity index (χ2v) is 1.81. The van der Waals surface area contributed by atoms with Crippen molar-refractivity contribution in [2.75, 3.05) is 6.61 Å². The van der Waals surface area contributed by atoms with Gasteiger partial charge in [0.15, 0.2) is 0 Å². The number of carbonyl (C=O) groups is 1. The third kappa shape index (κ3) is 4.13. The maximum atomic E-state index is 10.7. The fourth-order valence-corrected chi connectivity index (χ4v) is 0.407. The summed E-state index contributed by atoms with van der Waals surface area (Å²) in [5.74, 6) is -0.492. The highest BCUT2D eigenvalue weighted by molar-refractivity contribution is 5.98. The maximum absolute atomic E-state index is 10.7. The largest absolute Gasteiger partial charge is 0.501 e. The Morgan fingerprint density at radius 2 is 2.36 bits per heavy atom. The molecule has 61 valence electrons. The molecule has 0 bridgehead atoms. The molecule has 0 aromatic heterocycles. The highest BCUT2D eigenvalue weighted by Crippen LogP contribution is 1.91. The molecule has 0 aliphatic carbocycles. The van der Waals surface area contributed by atoms with Crippen molar-refractivity contribution in [3.63, 3.8) is 0 Å². The maximum Gasteiger partial charge on any atom is 0.316 e. The van der Waals surface area contributed by atoms with Crippen LogP contribution >= 0.6 is 0 Å². The van der Waals surface area contributed by atoms with Crippen LogP contribution in [0.2, 0.25) is 0 Å². The molecule has 11 heavy (non-hydrogen) atoms. The summed E-state index contributed by atoms with van der Waals surface area (Å²) in [4.78, 5) is 20.4. The minimum atomic E-state index is -0.492. The van der Waals surface area contributed by atoms with E-state index in [1.165, 1.54) is 12.7 Å². The molecule has 0 saturated carbocycles. The normalized spacial score (nSPS) is 10.5. The molecule has 0 spiro atoms. The molecule has 0 aromatic carbocycles. The summed E-state index contributed by atoms with van der Waals surface area (Å²) < 4.78 is 4.81. The number of nitrogens with one attached hydrogen (secondary N) is 1. The van der Waals surface area contributed by atoms with Crippen LogP contribution in [0.3, 0.4) is 0 Å². The Hall–Kier alpha value is -1.32. The topological polar surface area (TPSA) is 55.4 Å². The second kappa shape index (κ2) is 5.46. The van der Waals surface area contributed by atoms with E-state index in [-0.39, 0.29) is 0 Å². The number of ether oxygens (including phenoxy) is 1. The van der Waals surface area contributed by atoms with E-state index in [0.717, 1.165) is 0 Å². The Bertz CT molecular complexity index is 175. The smallest absolute Gasteiger partial charge is 0.316 e. The van der Waals surface area contributed by atoms with E-state index in [2.05, 4.69) is 0 Å². The molecule has 4 heteroatoms. The molecule has 0 saturated heterocycles. The van der Waals surface area contributed by atoms with E-state index in [1.54, 1.807) is 13.8 Å². The first-order valence-corrected chi connectivity index (χ1v) is 3.18. The van der Waals surface area contributed by atoms with E-state index < -0.39 is 5.91 Å². The van der Waals surface area contributed by atoms with E-state index in [0.29, 0.717) is 12.2 Å². The van der Waals surface area contributed by atoms with Crippen LogP contribution < -0.4 is 5.32 Å².